The number of anilines is 1. The maximum Gasteiger partial charge on any atom is 0.0494 e. The van der Waals surface area contributed by atoms with E-state index in [4.69, 9.17) is 0 Å². The van der Waals surface area contributed by atoms with E-state index in [1.54, 1.807) is 11.3 Å². The van der Waals surface area contributed by atoms with Gasteiger partial charge in [-0.2, -0.15) is 0 Å². The first-order chi connectivity index (χ1) is 7.81. The molecule has 1 heterocycles. The minimum Gasteiger partial charge on any atom is -0.380 e. The number of hydrogen-bond donors (Lipinski definition) is 1. The van der Waals surface area contributed by atoms with Crippen LogP contribution in [0.2, 0.25) is 0 Å². The van der Waals surface area contributed by atoms with Gasteiger partial charge in [0.05, 0.1) is 0 Å². The van der Waals surface area contributed by atoms with Crippen molar-refractivity contribution in [1.82, 2.24) is 0 Å². The van der Waals surface area contributed by atoms with E-state index in [2.05, 4.69) is 54.9 Å². The first kappa shape index (κ1) is 11.2. The molecule has 0 saturated carbocycles. The van der Waals surface area contributed by atoms with Crippen LogP contribution in [-0.4, -0.2) is 0 Å². The van der Waals surface area contributed by atoms with E-state index < -0.39 is 0 Å². The van der Waals surface area contributed by atoms with Crippen LogP contribution in [0, 0.1) is 6.92 Å². The van der Waals surface area contributed by atoms with Gasteiger partial charge in [-0.3, -0.25) is 0 Å². The predicted molar refractivity (Wildman–Crippen MR) is 72.2 cm³/mol. The molecule has 0 aliphatic carbocycles. The Morgan fingerprint density at radius 2 is 2.06 bits per heavy atom. The summed E-state index contributed by atoms with van der Waals surface area (Å²) in [4.78, 5) is 1.38. The number of hydrogen-bond acceptors (Lipinski definition) is 2. The molecule has 0 unspecified atom stereocenters. The fraction of sp³-hybridized carbons (Fsp3) is 0.286. The lowest BCUT2D eigenvalue weighted by Crippen LogP contribution is -2.02. The van der Waals surface area contributed by atoms with Crippen LogP contribution in [0.1, 0.15) is 22.9 Å². The van der Waals surface area contributed by atoms with Crippen LogP contribution in [0.3, 0.4) is 0 Å². The molecule has 0 saturated heterocycles. The third kappa shape index (κ3) is 2.45. The van der Waals surface area contributed by atoms with E-state index in [1.807, 2.05) is 0 Å². The van der Waals surface area contributed by atoms with E-state index in [9.17, 15) is 0 Å². The SMILES string of the molecule is CCc1cccc(C)c1NCc1cccs1. The van der Waals surface area contributed by atoms with Crippen LogP contribution in [0.15, 0.2) is 35.7 Å². The summed E-state index contributed by atoms with van der Waals surface area (Å²) in [5, 5.41) is 5.67. The molecule has 1 aromatic heterocycles. The average Bonchev–Trinajstić information content (AvgIpc) is 2.80. The molecule has 0 aliphatic heterocycles. The third-order valence-electron chi connectivity index (χ3n) is 2.76. The van der Waals surface area contributed by atoms with Gasteiger partial charge in [-0.1, -0.05) is 31.2 Å². The quantitative estimate of drug-likeness (QED) is 0.830. The molecule has 16 heavy (non-hydrogen) atoms. The zero-order chi connectivity index (χ0) is 11.4. The molecule has 0 bridgehead atoms. The van der Waals surface area contributed by atoms with Gasteiger partial charge in [0.2, 0.25) is 0 Å². The number of aryl methyl sites for hydroxylation is 2. The van der Waals surface area contributed by atoms with Gasteiger partial charge in [-0.05, 0) is 35.9 Å². The summed E-state index contributed by atoms with van der Waals surface area (Å²) in [7, 11) is 0. The van der Waals surface area contributed by atoms with Gasteiger partial charge < -0.3 is 5.32 Å². The Bertz CT molecular complexity index is 446. The first-order valence-corrected chi connectivity index (χ1v) is 6.54. The summed E-state index contributed by atoms with van der Waals surface area (Å²) in [5.41, 5.74) is 4.03. The molecule has 0 radical (unpaired) electrons. The zero-order valence-corrected chi connectivity index (χ0v) is 10.6. The molecule has 2 heteroatoms. The molecule has 0 amide bonds. The first-order valence-electron chi connectivity index (χ1n) is 5.66. The van der Waals surface area contributed by atoms with Gasteiger partial charge in [-0.25, -0.2) is 0 Å². The monoisotopic (exact) mass is 231 g/mol. The maximum absolute atomic E-state index is 3.55. The Morgan fingerprint density at radius 1 is 1.19 bits per heavy atom. The Morgan fingerprint density at radius 3 is 2.75 bits per heavy atom. The molecule has 0 aliphatic rings. The van der Waals surface area contributed by atoms with Crippen molar-refractivity contribution in [3.8, 4) is 0 Å². The van der Waals surface area contributed by atoms with Gasteiger partial charge in [0, 0.05) is 17.1 Å². The van der Waals surface area contributed by atoms with Gasteiger partial charge in [-0.15, -0.1) is 11.3 Å². The highest BCUT2D eigenvalue weighted by Gasteiger charge is 2.03. The Balaban J connectivity index is 2.14. The molecule has 84 valence electrons. The van der Waals surface area contributed by atoms with Gasteiger partial charge in [0.25, 0.3) is 0 Å². The predicted octanol–water partition coefficient (Wildman–Crippen LogP) is 4.23. The molecule has 1 aromatic carbocycles. The average molecular weight is 231 g/mol. The van der Waals surface area contributed by atoms with E-state index in [-0.39, 0.29) is 0 Å². The largest absolute Gasteiger partial charge is 0.380 e. The van der Waals surface area contributed by atoms with Crippen LogP contribution < -0.4 is 5.32 Å². The molecular weight excluding hydrogens is 214 g/mol. The van der Waals surface area contributed by atoms with Crippen molar-refractivity contribution >= 4 is 17.0 Å². The highest BCUT2D eigenvalue weighted by Crippen LogP contribution is 2.22. The Kier molecular flexibility index (Phi) is 3.62. The summed E-state index contributed by atoms with van der Waals surface area (Å²) in [5.74, 6) is 0. The lowest BCUT2D eigenvalue weighted by Gasteiger charge is -2.13. The van der Waals surface area contributed by atoms with Gasteiger partial charge >= 0.3 is 0 Å². The second kappa shape index (κ2) is 5.17. The molecule has 2 aromatic rings. The number of nitrogens with one attached hydrogen (secondary N) is 1. The minimum absolute atomic E-state index is 0.926. The van der Waals surface area contributed by atoms with E-state index in [1.165, 1.54) is 21.7 Å². The van der Waals surface area contributed by atoms with Gasteiger partial charge in [0.1, 0.15) is 0 Å². The van der Waals surface area contributed by atoms with Crippen LogP contribution in [0.25, 0.3) is 0 Å². The van der Waals surface area contributed by atoms with Crippen LogP contribution in [0.4, 0.5) is 5.69 Å². The normalized spacial score (nSPS) is 10.4. The smallest absolute Gasteiger partial charge is 0.0494 e. The van der Waals surface area contributed by atoms with Crippen molar-refractivity contribution in [3.05, 3.63) is 51.7 Å². The highest BCUT2D eigenvalue weighted by molar-refractivity contribution is 7.09. The standard InChI is InChI=1S/C14H17NS/c1-3-12-7-4-6-11(2)14(12)15-10-13-8-5-9-16-13/h4-9,15H,3,10H2,1-2H3. The highest BCUT2D eigenvalue weighted by atomic mass is 32.1. The fourth-order valence-electron chi connectivity index (χ4n) is 1.86. The van der Waals surface area contributed by atoms with Crippen molar-refractivity contribution in [1.29, 1.82) is 0 Å². The number of thiophene rings is 1. The molecular formula is C14H17NS. The summed E-state index contributed by atoms with van der Waals surface area (Å²) in [6.07, 6.45) is 1.08. The number of rotatable bonds is 4. The van der Waals surface area contributed by atoms with Gasteiger partial charge in [0.15, 0.2) is 0 Å². The molecule has 0 spiro atoms. The topological polar surface area (TPSA) is 12.0 Å². The van der Waals surface area contributed by atoms with Crippen molar-refractivity contribution in [3.63, 3.8) is 0 Å². The second-order valence-electron chi connectivity index (χ2n) is 3.90. The lowest BCUT2D eigenvalue weighted by atomic mass is 10.1. The second-order valence-corrected chi connectivity index (χ2v) is 4.93. The Labute approximate surface area is 101 Å². The minimum atomic E-state index is 0.926. The van der Waals surface area contributed by atoms with Crippen molar-refractivity contribution in [2.45, 2.75) is 26.8 Å². The summed E-state index contributed by atoms with van der Waals surface area (Å²) < 4.78 is 0. The lowest BCUT2D eigenvalue weighted by molar-refractivity contribution is 1.09. The number of para-hydroxylation sites is 1. The van der Waals surface area contributed by atoms with Crippen molar-refractivity contribution in [2.24, 2.45) is 0 Å². The van der Waals surface area contributed by atoms with E-state index in [0.717, 1.165) is 13.0 Å². The van der Waals surface area contributed by atoms with E-state index in [0.29, 0.717) is 0 Å². The van der Waals surface area contributed by atoms with Crippen LogP contribution in [-0.2, 0) is 13.0 Å². The number of benzene rings is 1. The van der Waals surface area contributed by atoms with Crippen molar-refractivity contribution in [2.75, 3.05) is 5.32 Å². The third-order valence-corrected chi connectivity index (χ3v) is 3.64. The fourth-order valence-corrected chi connectivity index (χ4v) is 2.51. The summed E-state index contributed by atoms with van der Waals surface area (Å²) in [6, 6.07) is 10.8. The molecule has 2 rings (SSSR count). The molecule has 1 N–H and O–H groups in total. The molecule has 1 nitrogen and oxygen atoms in total. The zero-order valence-electron chi connectivity index (χ0n) is 9.79. The maximum atomic E-state index is 3.55. The molecule has 0 atom stereocenters. The van der Waals surface area contributed by atoms with E-state index >= 15 is 0 Å². The van der Waals surface area contributed by atoms with Crippen LogP contribution >= 0.6 is 11.3 Å². The summed E-state index contributed by atoms with van der Waals surface area (Å²) >= 11 is 1.80. The Hall–Kier alpha value is -1.28. The van der Waals surface area contributed by atoms with Crippen LogP contribution in [0.5, 0.6) is 0 Å². The van der Waals surface area contributed by atoms with Crippen molar-refractivity contribution < 1.29 is 0 Å². The molecule has 0 fully saturated rings. The summed E-state index contributed by atoms with van der Waals surface area (Å²) in [6.45, 7) is 5.29.